The molecule has 0 aliphatic heterocycles. The van der Waals surface area contributed by atoms with Gasteiger partial charge in [-0.05, 0) is 86.4 Å². The molecule has 0 bridgehead atoms. The minimum Gasteiger partial charge on any atom is -0.141 e. The molecule has 0 nitrogen and oxygen atoms in total. The molecule has 2 rings (SSSR count). The average molecular weight is 357 g/mol. The van der Waals surface area contributed by atoms with Gasteiger partial charge >= 0.3 is 0 Å². The van der Waals surface area contributed by atoms with Crippen LogP contribution >= 0.6 is 11.3 Å². The first-order chi connectivity index (χ1) is 11.9. The molecule has 1 heteroatoms. The number of hydrogen-bond acceptors (Lipinski definition) is 1. The fourth-order valence-electron chi connectivity index (χ4n) is 2.83. The Hall–Kier alpha value is -1.34. The van der Waals surface area contributed by atoms with Gasteiger partial charge in [0, 0.05) is 9.75 Å². The van der Waals surface area contributed by atoms with Gasteiger partial charge in [-0.2, -0.15) is 0 Å². The predicted molar refractivity (Wildman–Crippen MR) is 117 cm³/mol. The molecule has 0 fully saturated rings. The lowest BCUT2D eigenvalue weighted by atomic mass is 9.98. The Kier molecular flexibility index (Phi) is 9.82. The number of rotatable bonds is 7. The van der Waals surface area contributed by atoms with E-state index in [4.69, 9.17) is 0 Å². The van der Waals surface area contributed by atoms with Crippen LogP contribution in [0.5, 0.6) is 0 Å². The van der Waals surface area contributed by atoms with Gasteiger partial charge < -0.3 is 0 Å². The molecule has 25 heavy (non-hydrogen) atoms. The van der Waals surface area contributed by atoms with Crippen LogP contribution in [0, 0.1) is 20.8 Å². The molecule has 0 unspecified atom stereocenters. The highest BCUT2D eigenvalue weighted by molar-refractivity contribution is 7.13. The molecule has 0 aliphatic carbocycles. The van der Waals surface area contributed by atoms with Crippen molar-refractivity contribution in [2.75, 3.05) is 0 Å². The van der Waals surface area contributed by atoms with Crippen molar-refractivity contribution < 1.29 is 0 Å². The van der Waals surface area contributed by atoms with E-state index in [1.165, 1.54) is 63.3 Å². The smallest absolute Gasteiger partial charge is 0.0299 e. The molecule has 0 spiro atoms. The predicted octanol–water partition coefficient (Wildman–Crippen LogP) is 8.08. The number of thiophene rings is 1. The van der Waals surface area contributed by atoms with Crippen molar-refractivity contribution >= 4 is 16.9 Å². The van der Waals surface area contributed by atoms with Crippen molar-refractivity contribution in [2.45, 2.75) is 80.1 Å². The van der Waals surface area contributed by atoms with Gasteiger partial charge in [0.1, 0.15) is 0 Å². The molecule has 0 saturated heterocycles. The highest BCUT2D eigenvalue weighted by atomic mass is 32.1. The highest BCUT2D eigenvalue weighted by Gasteiger charge is 2.01. The van der Waals surface area contributed by atoms with Crippen LogP contribution in [-0.4, -0.2) is 0 Å². The van der Waals surface area contributed by atoms with Crippen molar-refractivity contribution in [3.8, 4) is 0 Å². The first-order valence-corrected chi connectivity index (χ1v) is 10.6. The third-order valence-electron chi connectivity index (χ3n) is 4.72. The number of hydrogen-bond donors (Lipinski definition) is 0. The van der Waals surface area contributed by atoms with Crippen LogP contribution in [0.2, 0.25) is 0 Å². The maximum absolute atomic E-state index is 4.07. The Morgan fingerprint density at radius 1 is 0.960 bits per heavy atom. The van der Waals surface area contributed by atoms with Crippen LogP contribution < -0.4 is 0 Å². The SMILES string of the molecule is C=C(CCC)c1ccc(CC)s1.CCCCc1cc(C)c(C)c(C)c1. The van der Waals surface area contributed by atoms with Crippen LogP contribution in [-0.2, 0) is 12.8 Å². The lowest BCUT2D eigenvalue weighted by Crippen LogP contribution is -1.92. The molecule has 0 amide bonds. The van der Waals surface area contributed by atoms with E-state index in [1.54, 1.807) is 0 Å². The molecule has 0 aliphatic rings. The van der Waals surface area contributed by atoms with Gasteiger partial charge in [0.05, 0.1) is 0 Å². The fourth-order valence-corrected chi connectivity index (χ4v) is 3.78. The standard InChI is InChI=1S/C13H20.C11H16S/c1-5-6-7-13-8-10(2)12(4)11(3)9-13;1-4-6-9(3)11-8-7-10(5-2)12-11/h8-9H,5-7H2,1-4H3;7-8H,3-6H2,1-2H3. The van der Waals surface area contributed by atoms with Gasteiger partial charge in [0.2, 0.25) is 0 Å². The van der Waals surface area contributed by atoms with Crippen molar-refractivity contribution in [2.24, 2.45) is 0 Å². The van der Waals surface area contributed by atoms with Crippen LogP contribution in [0.15, 0.2) is 30.8 Å². The molecule has 0 saturated carbocycles. The summed E-state index contributed by atoms with van der Waals surface area (Å²) < 4.78 is 0. The maximum atomic E-state index is 4.07. The lowest BCUT2D eigenvalue weighted by molar-refractivity contribution is 0.793. The first kappa shape index (κ1) is 21.7. The zero-order valence-electron chi connectivity index (χ0n) is 17.2. The van der Waals surface area contributed by atoms with Gasteiger partial charge in [-0.3, -0.25) is 0 Å². The Balaban J connectivity index is 0.000000251. The van der Waals surface area contributed by atoms with E-state index in [1.807, 2.05) is 11.3 Å². The largest absolute Gasteiger partial charge is 0.141 e. The molecule has 0 atom stereocenters. The fraction of sp³-hybridized carbons (Fsp3) is 0.500. The minimum atomic E-state index is 1.13. The van der Waals surface area contributed by atoms with Crippen LogP contribution in [0.1, 0.15) is 78.5 Å². The summed E-state index contributed by atoms with van der Waals surface area (Å²) in [5.74, 6) is 0. The summed E-state index contributed by atoms with van der Waals surface area (Å²) in [6, 6.07) is 9.07. The van der Waals surface area contributed by atoms with Crippen molar-refractivity contribution in [1.82, 2.24) is 0 Å². The number of unbranched alkanes of at least 4 members (excludes halogenated alkanes) is 1. The van der Waals surface area contributed by atoms with Crippen molar-refractivity contribution in [3.05, 3.63) is 62.9 Å². The Bertz CT molecular complexity index is 637. The van der Waals surface area contributed by atoms with Gasteiger partial charge in [-0.1, -0.05) is 52.3 Å². The monoisotopic (exact) mass is 356 g/mol. The quantitative estimate of drug-likeness (QED) is 0.470. The van der Waals surface area contributed by atoms with E-state index >= 15 is 0 Å². The zero-order valence-corrected chi connectivity index (χ0v) is 18.0. The lowest BCUT2D eigenvalue weighted by Gasteiger charge is -2.08. The highest BCUT2D eigenvalue weighted by Crippen LogP contribution is 2.26. The topological polar surface area (TPSA) is 0 Å². The summed E-state index contributed by atoms with van der Waals surface area (Å²) in [4.78, 5) is 2.83. The zero-order chi connectivity index (χ0) is 18.8. The summed E-state index contributed by atoms with van der Waals surface area (Å²) in [6.45, 7) is 17.3. The second-order valence-electron chi connectivity index (χ2n) is 6.93. The number of allylic oxidation sites excluding steroid dienone is 1. The van der Waals surface area contributed by atoms with Gasteiger partial charge in [0.25, 0.3) is 0 Å². The molecular formula is C24H36S. The molecule has 138 valence electrons. The summed E-state index contributed by atoms with van der Waals surface area (Å²) in [6.07, 6.45) is 7.29. The Morgan fingerprint density at radius 2 is 1.60 bits per heavy atom. The first-order valence-electron chi connectivity index (χ1n) is 9.76. The van der Waals surface area contributed by atoms with Crippen LogP contribution in [0.4, 0.5) is 0 Å². The van der Waals surface area contributed by atoms with Crippen LogP contribution in [0.25, 0.3) is 5.57 Å². The van der Waals surface area contributed by atoms with Gasteiger partial charge in [-0.15, -0.1) is 11.3 Å². The Labute approximate surface area is 160 Å². The normalized spacial score (nSPS) is 10.3. The van der Waals surface area contributed by atoms with Gasteiger partial charge in [-0.25, -0.2) is 0 Å². The molecule has 1 heterocycles. The summed E-state index contributed by atoms with van der Waals surface area (Å²) in [5.41, 5.74) is 7.11. The maximum Gasteiger partial charge on any atom is 0.0299 e. The van der Waals surface area contributed by atoms with Crippen molar-refractivity contribution in [1.29, 1.82) is 0 Å². The summed E-state index contributed by atoms with van der Waals surface area (Å²) >= 11 is 1.88. The molecule has 0 radical (unpaired) electrons. The Morgan fingerprint density at radius 3 is 2.08 bits per heavy atom. The third kappa shape index (κ3) is 7.20. The summed E-state index contributed by atoms with van der Waals surface area (Å²) in [7, 11) is 0. The van der Waals surface area contributed by atoms with Crippen molar-refractivity contribution in [3.63, 3.8) is 0 Å². The number of benzene rings is 1. The molecular weight excluding hydrogens is 320 g/mol. The number of aryl methyl sites for hydroxylation is 4. The molecule has 1 aromatic carbocycles. The molecule has 2 aromatic rings. The minimum absolute atomic E-state index is 1.13. The van der Waals surface area contributed by atoms with E-state index in [2.05, 4.69) is 72.4 Å². The van der Waals surface area contributed by atoms with E-state index in [-0.39, 0.29) is 0 Å². The van der Waals surface area contributed by atoms with E-state index in [9.17, 15) is 0 Å². The van der Waals surface area contributed by atoms with Gasteiger partial charge in [0.15, 0.2) is 0 Å². The second-order valence-corrected chi connectivity index (χ2v) is 8.10. The third-order valence-corrected chi connectivity index (χ3v) is 6.05. The molecule has 1 aromatic heterocycles. The second kappa shape index (κ2) is 11.3. The van der Waals surface area contributed by atoms with Crippen LogP contribution in [0.3, 0.4) is 0 Å². The molecule has 0 N–H and O–H groups in total. The van der Waals surface area contributed by atoms with E-state index in [0.29, 0.717) is 0 Å². The average Bonchev–Trinajstić information content (AvgIpc) is 3.08. The van der Waals surface area contributed by atoms with E-state index < -0.39 is 0 Å². The summed E-state index contributed by atoms with van der Waals surface area (Å²) in [5, 5.41) is 0. The van der Waals surface area contributed by atoms with E-state index in [0.717, 1.165) is 12.8 Å².